The predicted octanol–water partition coefficient (Wildman–Crippen LogP) is 3.09. The summed E-state index contributed by atoms with van der Waals surface area (Å²) in [6, 6.07) is 8.91. The first-order chi connectivity index (χ1) is 10.5. The summed E-state index contributed by atoms with van der Waals surface area (Å²) in [4.78, 5) is 12.0. The SMILES string of the molecule is C[C@H](NC(=O)C[NH2+][C@H](C)c1ccco1)c1ccc(Cl)cc1Cl. The number of quaternary nitrogens is 1. The molecular weight excluding hydrogens is 323 g/mol. The van der Waals surface area contributed by atoms with Crippen molar-refractivity contribution in [1.29, 1.82) is 0 Å². The van der Waals surface area contributed by atoms with Gasteiger partial charge in [-0.25, -0.2) is 0 Å². The van der Waals surface area contributed by atoms with E-state index in [4.69, 9.17) is 27.6 Å². The average molecular weight is 342 g/mol. The molecule has 0 aliphatic heterocycles. The average Bonchev–Trinajstić information content (AvgIpc) is 2.98. The van der Waals surface area contributed by atoms with E-state index in [1.807, 2.05) is 37.4 Å². The van der Waals surface area contributed by atoms with Gasteiger partial charge in [-0.1, -0.05) is 29.3 Å². The topological polar surface area (TPSA) is 58.9 Å². The van der Waals surface area contributed by atoms with E-state index in [2.05, 4.69) is 5.32 Å². The number of carbonyl (C=O) groups excluding carboxylic acids is 1. The molecule has 6 heteroatoms. The van der Waals surface area contributed by atoms with Crippen molar-refractivity contribution in [2.45, 2.75) is 25.9 Å². The van der Waals surface area contributed by atoms with Gasteiger partial charge < -0.3 is 15.1 Å². The van der Waals surface area contributed by atoms with E-state index < -0.39 is 0 Å². The van der Waals surface area contributed by atoms with E-state index in [1.165, 1.54) is 0 Å². The number of rotatable bonds is 6. The summed E-state index contributed by atoms with van der Waals surface area (Å²) < 4.78 is 5.31. The third-order valence-corrected chi connectivity index (χ3v) is 4.02. The lowest BCUT2D eigenvalue weighted by molar-refractivity contribution is -0.684. The van der Waals surface area contributed by atoms with Crippen molar-refractivity contribution in [3.05, 3.63) is 58.0 Å². The monoisotopic (exact) mass is 341 g/mol. The maximum atomic E-state index is 12.0. The van der Waals surface area contributed by atoms with Crippen molar-refractivity contribution >= 4 is 29.1 Å². The van der Waals surface area contributed by atoms with Crippen LogP contribution in [0.25, 0.3) is 0 Å². The van der Waals surface area contributed by atoms with Crippen LogP contribution in [0.4, 0.5) is 0 Å². The van der Waals surface area contributed by atoms with Crippen molar-refractivity contribution in [1.82, 2.24) is 5.32 Å². The first kappa shape index (κ1) is 16.9. The number of nitrogens with two attached hydrogens (primary N) is 1. The van der Waals surface area contributed by atoms with Gasteiger partial charge in [0, 0.05) is 10.0 Å². The molecule has 4 nitrogen and oxygen atoms in total. The molecule has 22 heavy (non-hydrogen) atoms. The fourth-order valence-corrected chi connectivity index (χ4v) is 2.75. The zero-order chi connectivity index (χ0) is 16.1. The lowest BCUT2D eigenvalue weighted by atomic mass is 10.1. The van der Waals surface area contributed by atoms with E-state index >= 15 is 0 Å². The molecule has 0 unspecified atom stereocenters. The van der Waals surface area contributed by atoms with Crippen LogP contribution < -0.4 is 10.6 Å². The summed E-state index contributed by atoms with van der Waals surface area (Å²) in [5.41, 5.74) is 0.846. The number of hydrogen-bond donors (Lipinski definition) is 2. The maximum absolute atomic E-state index is 12.0. The molecule has 118 valence electrons. The zero-order valence-corrected chi connectivity index (χ0v) is 14.0. The molecule has 1 heterocycles. The summed E-state index contributed by atoms with van der Waals surface area (Å²) in [6.45, 7) is 4.20. The summed E-state index contributed by atoms with van der Waals surface area (Å²) in [7, 11) is 0. The van der Waals surface area contributed by atoms with Crippen LogP contribution in [-0.4, -0.2) is 12.5 Å². The molecule has 0 aliphatic rings. The first-order valence-corrected chi connectivity index (χ1v) is 7.84. The normalized spacial score (nSPS) is 13.6. The van der Waals surface area contributed by atoms with Crippen molar-refractivity contribution in [2.24, 2.45) is 0 Å². The molecule has 0 saturated carbocycles. The highest BCUT2D eigenvalue weighted by Gasteiger charge is 2.16. The molecule has 0 radical (unpaired) electrons. The number of furan rings is 1. The van der Waals surface area contributed by atoms with Gasteiger partial charge in [-0.05, 0) is 43.7 Å². The second-order valence-electron chi connectivity index (χ2n) is 5.20. The van der Waals surface area contributed by atoms with Crippen molar-refractivity contribution in [2.75, 3.05) is 6.54 Å². The van der Waals surface area contributed by atoms with Gasteiger partial charge in [0.2, 0.25) is 0 Å². The Kier molecular flexibility index (Phi) is 5.89. The molecule has 1 aromatic carbocycles. The molecule has 0 aliphatic carbocycles. The second kappa shape index (κ2) is 7.68. The molecule has 2 atom stereocenters. The smallest absolute Gasteiger partial charge is 0.275 e. The molecule has 0 saturated heterocycles. The molecule has 2 aromatic rings. The van der Waals surface area contributed by atoms with Crippen LogP contribution in [0.5, 0.6) is 0 Å². The van der Waals surface area contributed by atoms with E-state index in [9.17, 15) is 4.79 Å². The lowest BCUT2D eigenvalue weighted by Gasteiger charge is -2.16. The number of benzene rings is 1. The quantitative estimate of drug-likeness (QED) is 0.848. The Labute approximate surface area is 139 Å². The standard InChI is InChI=1S/C16H18Cl2N2O2/c1-10(13-6-5-12(17)8-14(13)18)20-16(21)9-19-11(2)15-4-3-7-22-15/h3-8,10-11,19H,9H2,1-2H3,(H,20,21)/p+1/t10-,11+/m0/s1. The number of amides is 1. The van der Waals surface area contributed by atoms with Crippen LogP contribution >= 0.6 is 23.2 Å². The van der Waals surface area contributed by atoms with Crippen LogP contribution in [0.2, 0.25) is 10.0 Å². The second-order valence-corrected chi connectivity index (χ2v) is 6.04. The minimum absolute atomic E-state index is 0.0584. The van der Waals surface area contributed by atoms with Gasteiger partial charge >= 0.3 is 0 Å². The van der Waals surface area contributed by atoms with E-state index in [-0.39, 0.29) is 18.0 Å². The van der Waals surface area contributed by atoms with Crippen LogP contribution in [-0.2, 0) is 4.79 Å². The summed E-state index contributed by atoms with van der Waals surface area (Å²) in [5, 5.41) is 5.98. The molecular formula is C16H19Cl2N2O2+. The Morgan fingerprint density at radius 2 is 2.09 bits per heavy atom. The largest absolute Gasteiger partial charge is 0.463 e. The number of hydrogen-bond acceptors (Lipinski definition) is 2. The number of carbonyl (C=O) groups is 1. The molecule has 0 bridgehead atoms. The molecule has 0 spiro atoms. The van der Waals surface area contributed by atoms with Crippen LogP contribution in [0.3, 0.4) is 0 Å². The fraction of sp³-hybridized carbons (Fsp3) is 0.312. The van der Waals surface area contributed by atoms with E-state index in [1.54, 1.807) is 18.4 Å². The van der Waals surface area contributed by atoms with Gasteiger partial charge in [-0.15, -0.1) is 0 Å². The van der Waals surface area contributed by atoms with Gasteiger partial charge in [0.15, 0.2) is 12.3 Å². The van der Waals surface area contributed by atoms with E-state index in [0.29, 0.717) is 16.6 Å². The van der Waals surface area contributed by atoms with Gasteiger partial charge in [0.25, 0.3) is 5.91 Å². The Morgan fingerprint density at radius 3 is 2.73 bits per heavy atom. The van der Waals surface area contributed by atoms with Crippen molar-refractivity contribution in [3.63, 3.8) is 0 Å². The Bertz CT molecular complexity index is 629. The Morgan fingerprint density at radius 1 is 1.32 bits per heavy atom. The van der Waals surface area contributed by atoms with Crippen molar-refractivity contribution < 1.29 is 14.5 Å². The third kappa shape index (κ3) is 4.50. The molecule has 1 aromatic heterocycles. The van der Waals surface area contributed by atoms with Crippen LogP contribution in [0.1, 0.15) is 37.3 Å². The third-order valence-electron chi connectivity index (χ3n) is 3.46. The first-order valence-electron chi connectivity index (χ1n) is 7.08. The minimum atomic E-state index is -0.176. The predicted molar refractivity (Wildman–Crippen MR) is 86.9 cm³/mol. The van der Waals surface area contributed by atoms with Crippen LogP contribution in [0, 0.1) is 0 Å². The molecule has 1 amide bonds. The fourth-order valence-electron chi connectivity index (χ4n) is 2.18. The molecule has 0 fully saturated rings. The van der Waals surface area contributed by atoms with Gasteiger partial charge in [-0.2, -0.15) is 0 Å². The number of halogens is 2. The zero-order valence-electron chi connectivity index (χ0n) is 12.5. The van der Waals surface area contributed by atoms with E-state index in [0.717, 1.165) is 11.3 Å². The Hall–Kier alpha value is -1.49. The van der Waals surface area contributed by atoms with Crippen LogP contribution in [0.15, 0.2) is 41.0 Å². The highest BCUT2D eigenvalue weighted by Crippen LogP contribution is 2.25. The highest BCUT2D eigenvalue weighted by molar-refractivity contribution is 6.35. The maximum Gasteiger partial charge on any atom is 0.275 e. The van der Waals surface area contributed by atoms with Gasteiger partial charge in [-0.3, -0.25) is 4.79 Å². The lowest BCUT2D eigenvalue weighted by Crippen LogP contribution is -2.87. The summed E-state index contributed by atoms with van der Waals surface area (Å²) in [5.74, 6) is 0.790. The Balaban J connectivity index is 1.86. The minimum Gasteiger partial charge on any atom is -0.463 e. The molecule has 3 N–H and O–H groups in total. The van der Waals surface area contributed by atoms with Gasteiger partial charge in [0.1, 0.15) is 6.04 Å². The highest BCUT2D eigenvalue weighted by atomic mass is 35.5. The van der Waals surface area contributed by atoms with Gasteiger partial charge in [0.05, 0.1) is 12.3 Å². The summed E-state index contributed by atoms with van der Waals surface area (Å²) in [6.07, 6.45) is 1.63. The molecule has 2 rings (SSSR count). The number of nitrogens with one attached hydrogen (secondary N) is 1. The van der Waals surface area contributed by atoms with Crippen molar-refractivity contribution in [3.8, 4) is 0 Å². The summed E-state index contributed by atoms with van der Waals surface area (Å²) >= 11 is 12.0.